The summed E-state index contributed by atoms with van der Waals surface area (Å²) < 4.78 is 6.31. The van der Waals surface area contributed by atoms with Crippen molar-refractivity contribution in [3.8, 4) is 0 Å². The van der Waals surface area contributed by atoms with Crippen LogP contribution in [0.5, 0.6) is 0 Å². The first kappa shape index (κ1) is 13.2. The molecule has 1 aromatic carbocycles. The van der Waals surface area contributed by atoms with E-state index < -0.39 is 0 Å². The van der Waals surface area contributed by atoms with E-state index in [2.05, 4.69) is 21.2 Å². The Morgan fingerprint density at radius 1 is 1.35 bits per heavy atom. The molecule has 104 valence electrons. The van der Waals surface area contributed by atoms with Crippen LogP contribution in [0.15, 0.2) is 45.5 Å². The Bertz CT molecular complexity index is 624. The number of nitrogens with zero attached hydrogens (tertiary/aromatic N) is 1. The molecule has 0 atom stereocenters. The molecule has 1 aromatic heterocycles. The molecule has 3 rings (SSSR count). The van der Waals surface area contributed by atoms with E-state index in [4.69, 9.17) is 4.42 Å². The van der Waals surface area contributed by atoms with E-state index in [9.17, 15) is 4.79 Å². The molecule has 1 fully saturated rings. The Morgan fingerprint density at radius 3 is 2.95 bits per heavy atom. The van der Waals surface area contributed by atoms with Gasteiger partial charge in [-0.15, -0.1) is 0 Å². The predicted molar refractivity (Wildman–Crippen MR) is 81.8 cm³/mol. The zero-order valence-corrected chi connectivity index (χ0v) is 12.5. The lowest BCUT2D eigenvalue weighted by atomic mass is 10.2. The average Bonchev–Trinajstić information content (AvgIpc) is 3.05. The molecule has 1 aliphatic heterocycles. The summed E-state index contributed by atoms with van der Waals surface area (Å²) in [7, 11) is 0. The van der Waals surface area contributed by atoms with Crippen molar-refractivity contribution in [2.75, 3.05) is 16.8 Å². The third-order valence-corrected chi connectivity index (χ3v) is 4.08. The second kappa shape index (κ2) is 5.71. The highest BCUT2D eigenvalue weighted by atomic mass is 79.9. The molecule has 2 heterocycles. The van der Waals surface area contributed by atoms with Gasteiger partial charge in [0.15, 0.2) is 0 Å². The quantitative estimate of drug-likeness (QED) is 0.925. The Labute approximate surface area is 125 Å². The van der Waals surface area contributed by atoms with Crippen molar-refractivity contribution in [3.05, 3.63) is 46.8 Å². The normalized spacial score (nSPS) is 14.8. The summed E-state index contributed by atoms with van der Waals surface area (Å²) in [4.78, 5) is 13.6. The van der Waals surface area contributed by atoms with Crippen LogP contribution in [-0.2, 0) is 11.3 Å². The number of furan rings is 1. The van der Waals surface area contributed by atoms with E-state index in [0.717, 1.165) is 34.6 Å². The second-order valence-electron chi connectivity index (χ2n) is 4.74. The van der Waals surface area contributed by atoms with Gasteiger partial charge in [-0.05, 0) is 46.6 Å². The maximum Gasteiger partial charge on any atom is 0.227 e. The molecule has 0 bridgehead atoms. The van der Waals surface area contributed by atoms with E-state index in [1.165, 1.54) is 0 Å². The zero-order chi connectivity index (χ0) is 13.9. The lowest BCUT2D eigenvalue weighted by molar-refractivity contribution is -0.117. The van der Waals surface area contributed by atoms with Crippen LogP contribution in [0, 0.1) is 0 Å². The van der Waals surface area contributed by atoms with Crippen LogP contribution >= 0.6 is 15.9 Å². The van der Waals surface area contributed by atoms with E-state index in [1.807, 2.05) is 35.2 Å². The standard InChI is InChI=1S/C15H15BrN2O2/c16-13-6-8-20-14(13)10-17-11-3-1-4-12(9-11)18-7-2-5-15(18)19/h1,3-4,6,8-9,17H,2,5,7,10H2. The Balaban J connectivity index is 1.71. The number of anilines is 2. The fraction of sp³-hybridized carbons (Fsp3) is 0.267. The molecule has 0 saturated carbocycles. The molecule has 0 radical (unpaired) electrons. The maximum absolute atomic E-state index is 11.8. The van der Waals surface area contributed by atoms with Crippen LogP contribution in [0.4, 0.5) is 11.4 Å². The molecule has 0 spiro atoms. The monoisotopic (exact) mass is 334 g/mol. The Morgan fingerprint density at radius 2 is 2.25 bits per heavy atom. The predicted octanol–water partition coefficient (Wildman–Crippen LogP) is 3.78. The minimum atomic E-state index is 0.205. The molecule has 1 saturated heterocycles. The average molecular weight is 335 g/mol. The van der Waals surface area contributed by atoms with Crippen molar-refractivity contribution >= 4 is 33.2 Å². The molecule has 0 aliphatic carbocycles. The third-order valence-electron chi connectivity index (χ3n) is 3.38. The number of halogens is 1. The number of carbonyl (C=O) groups is 1. The van der Waals surface area contributed by atoms with Crippen LogP contribution < -0.4 is 10.2 Å². The summed E-state index contributed by atoms with van der Waals surface area (Å²) in [5, 5.41) is 3.30. The summed E-state index contributed by atoms with van der Waals surface area (Å²) in [6, 6.07) is 9.79. The van der Waals surface area contributed by atoms with Crippen molar-refractivity contribution < 1.29 is 9.21 Å². The number of rotatable bonds is 4. The van der Waals surface area contributed by atoms with Gasteiger partial charge < -0.3 is 14.6 Å². The topological polar surface area (TPSA) is 45.5 Å². The van der Waals surface area contributed by atoms with Gasteiger partial charge in [-0.1, -0.05) is 6.07 Å². The SMILES string of the molecule is O=C1CCCN1c1cccc(NCc2occc2Br)c1. The minimum absolute atomic E-state index is 0.205. The molecule has 4 nitrogen and oxygen atoms in total. The van der Waals surface area contributed by atoms with Gasteiger partial charge in [-0.25, -0.2) is 0 Å². The zero-order valence-electron chi connectivity index (χ0n) is 10.9. The van der Waals surface area contributed by atoms with Gasteiger partial charge in [-0.2, -0.15) is 0 Å². The highest BCUT2D eigenvalue weighted by Crippen LogP contribution is 2.25. The molecular formula is C15H15BrN2O2. The van der Waals surface area contributed by atoms with Crippen molar-refractivity contribution in [1.29, 1.82) is 0 Å². The molecule has 1 N–H and O–H groups in total. The van der Waals surface area contributed by atoms with E-state index in [1.54, 1.807) is 6.26 Å². The van der Waals surface area contributed by atoms with Crippen LogP contribution in [-0.4, -0.2) is 12.5 Å². The lowest BCUT2D eigenvalue weighted by Gasteiger charge is -2.17. The van der Waals surface area contributed by atoms with Crippen LogP contribution in [0.1, 0.15) is 18.6 Å². The lowest BCUT2D eigenvalue weighted by Crippen LogP contribution is -2.23. The van der Waals surface area contributed by atoms with Crippen molar-refractivity contribution in [3.63, 3.8) is 0 Å². The number of benzene rings is 1. The first-order chi connectivity index (χ1) is 9.74. The van der Waals surface area contributed by atoms with Gasteiger partial charge in [0, 0.05) is 24.3 Å². The van der Waals surface area contributed by atoms with E-state index in [-0.39, 0.29) is 5.91 Å². The molecule has 20 heavy (non-hydrogen) atoms. The largest absolute Gasteiger partial charge is 0.466 e. The Hall–Kier alpha value is -1.75. The summed E-state index contributed by atoms with van der Waals surface area (Å²) in [5.41, 5.74) is 1.93. The summed E-state index contributed by atoms with van der Waals surface area (Å²) in [6.07, 6.45) is 3.24. The number of amides is 1. The molecule has 2 aromatic rings. The molecule has 1 amide bonds. The van der Waals surface area contributed by atoms with Crippen LogP contribution in [0.25, 0.3) is 0 Å². The van der Waals surface area contributed by atoms with Crippen molar-refractivity contribution in [1.82, 2.24) is 0 Å². The highest BCUT2D eigenvalue weighted by molar-refractivity contribution is 9.10. The molecule has 0 unspecified atom stereocenters. The maximum atomic E-state index is 11.8. The van der Waals surface area contributed by atoms with Gasteiger partial charge in [-0.3, -0.25) is 4.79 Å². The van der Waals surface area contributed by atoms with E-state index >= 15 is 0 Å². The van der Waals surface area contributed by atoms with Gasteiger partial charge >= 0.3 is 0 Å². The van der Waals surface area contributed by atoms with Gasteiger partial charge in [0.1, 0.15) is 5.76 Å². The number of hydrogen-bond donors (Lipinski definition) is 1. The number of carbonyl (C=O) groups excluding carboxylic acids is 1. The molecule has 1 aliphatic rings. The minimum Gasteiger partial charge on any atom is -0.466 e. The first-order valence-electron chi connectivity index (χ1n) is 6.60. The van der Waals surface area contributed by atoms with Gasteiger partial charge in [0.25, 0.3) is 0 Å². The fourth-order valence-electron chi connectivity index (χ4n) is 2.34. The first-order valence-corrected chi connectivity index (χ1v) is 7.39. The van der Waals surface area contributed by atoms with Gasteiger partial charge in [0.2, 0.25) is 5.91 Å². The smallest absolute Gasteiger partial charge is 0.227 e. The fourth-order valence-corrected chi connectivity index (χ4v) is 2.68. The van der Waals surface area contributed by atoms with Gasteiger partial charge in [0.05, 0.1) is 17.3 Å². The third kappa shape index (κ3) is 2.72. The highest BCUT2D eigenvalue weighted by Gasteiger charge is 2.21. The number of hydrogen-bond acceptors (Lipinski definition) is 3. The summed E-state index contributed by atoms with van der Waals surface area (Å²) in [5.74, 6) is 1.06. The van der Waals surface area contributed by atoms with Crippen LogP contribution in [0.3, 0.4) is 0 Å². The summed E-state index contributed by atoms with van der Waals surface area (Å²) in [6.45, 7) is 1.41. The second-order valence-corrected chi connectivity index (χ2v) is 5.60. The Kier molecular flexibility index (Phi) is 3.78. The van der Waals surface area contributed by atoms with Crippen molar-refractivity contribution in [2.45, 2.75) is 19.4 Å². The summed E-state index contributed by atoms with van der Waals surface area (Å²) >= 11 is 3.43. The number of nitrogens with one attached hydrogen (secondary N) is 1. The molecule has 5 heteroatoms. The van der Waals surface area contributed by atoms with Crippen LogP contribution in [0.2, 0.25) is 0 Å². The van der Waals surface area contributed by atoms with E-state index in [0.29, 0.717) is 13.0 Å². The van der Waals surface area contributed by atoms with Crippen molar-refractivity contribution in [2.24, 2.45) is 0 Å². The molecular weight excluding hydrogens is 320 g/mol.